The average Bonchev–Trinajstić information content (AvgIpc) is 3.51. The van der Waals surface area contributed by atoms with Gasteiger partial charge in [0.1, 0.15) is 5.76 Å². The Morgan fingerprint density at radius 1 is 1.38 bits per heavy atom. The van der Waals surface area contributed by atoms with Gasteiger partial charge < -0.3 is 19.5 Å². The maximum atomic E-state index is 12.4. The number of nitrogens with zero attached hydrogens (tertiary/aromatic N) is 2. The Hall–Kier alpha value is -1.89. The Labute approximate surface area is 153 Å². The third-order valence-corrected chi connectivity index (χ3v) is 5.75. The number of likely N-dealkylation sites (tertiary alicyclic amines) is 1. The highest BCUT2D eigenvalue weighted by molar-refractivity contribution is 5.92. The highest BCUT2D eigenvalue weighted by Gasteiger charge is 2.46. The van der Waals surface area contributed by atoms with E-state index in [9.17, 15) is 9.59 Å². The van der Waals surface area contributed by atoms with Gasteiger partial charge in [-0.05, 0) is 38.0 Å². The lowest BCUT2D eigenvalue weighted by atomic mass is 10.1. The Balaban J connectivity index is 1.26. The summed E-state index contributed by atoms with van der Waals surface area (Å²) in [6, 6.07) is 1.88. The van der Waals surface area contributed by atoms with Crippen LogP contribution in [0.4, 0.5) is 0 Å². The molecular formula is C19H27N3O4. The minimum absolute atomic E-state index is 0.0629. The van der Waals surface area contributed by atoms with Crippen molar-refractivity contribution in [2.24, 2.45) is 17.8 Å². The number of nitrogens with one attached hydrogen (secondary N) is 1. The lowest BCUT2D eigenvalue weighted by Crippen LogP contribution is -2.40. The molecule has 3 fully saturated rings. The van der Waals surface area contributed by atoms with Gasteiger partial charge in [-0.3, -0.25) is 9.59 Å². The molecule has 4 rings (SSSR count). The molecule has 0 radical (unpaired) electrons. The monoisotopic (exact) mass is 361 g/mol. The molecule has 2 saturated carbocycles. The first-order valence-corrected chi connectivity index (χ1v) is 9.71. The third-order valence-electron chi connectivity index (χ3n) is 5.75. The van der Waals surface area contributed by atoms with Gasteiger partial charge in [0, 0.05) is 37.7 Å². The van der Waals surface area contributed by atoms with Gasteiger partial charge in [-0.15, -0.1) is 0 Å². The fourth-order valence-corrected chi connectivity index (χ4v) is 3.92. The minimum Gasteiger partial charge on any atom is -0.466 e. The van der Waals surface area contributed by atoms with Crippen LogP contribution in [-0.2, 0) is 9.53 Å². The largest absolute Gasteiger partial charge is 0.466 e. The number of esters is 1. The normalized spacial score (nSPS) is 31.0. The van der Waals surface area contributed by atoms with Crippen LogP contribution in [0.1, 0.15) is 55.3 Å². The molecule has 1 N–H and O–H groups in total. The quantitative estimate of drug-likeness (QED) is 0.746. The zero-order chi connectivity index (χ0) is 18.3. The van der Waals surface area contributed by atoms with E-state index >= 15 is 0 Å². The summed E-state index contributed by atoms with van der Waals surface area (Å²) in [6.45, 7) is 7.08. The molecule has 2 heterocycles. The van der Waals surface area contributed by atoms with E-state index in [4.69, 9.17) is 9.26 Å². The first kappa shape index (κ1) is 17.5. The SMILES string of the molecule is CCOC(=O)C1CC1CN1CC(C)C(NC(=O)c2cc(C3CC3)on2)C1. The summed E-state index contributed by atoms with van der Waals surface area (Å²) in [5.41, 5.74) is 0.377. The molecule has 1 aromatic rings. The molecule has 7 heteroatoms. The minimum atomic E-state index is -0.157. The lowest BCUT2D eigenvalue weighted by molar-refractivity contribution is -0.145. The molecule has 142 valence electrons. The average molecular weight is 361 g/mol. The van der Waals surface area contributed by atoms with Crippen LogP contribution >= 0.6 is 0 Å². The fourth-order valence-electron chi connectivity index (χ4n) is 3.92. The molecule has 0 aromatic carbocycles. The Bertz CT molecular complexity index is 684. The number of carbonyl (C=O) groups excluding carboxylic acids is 2. The number of aromatic nitrogens is 1. The summed E-state index contributed by atoms with van der Waals surface area (Å²) in [7, 11) is 0. The smallest absolute Gasteiger partial charge is 0.309 e. The van der Waals surface area contributed by atoms with Crippen molar-refractivity contribution >= 4 is 11.9 Å². The van der Waals surface area contributed by atoms with Crippen molar-refractivity contribution < 1.29 is 18.8 Å². The van der Waals surface area contributed by atoms with E-state index in [1.165, 1.54) is 0 Å². The fraction of sp³-hybridized carbons (Fsp3) is 0.737. The number of amides is 1. The van der Waals surface area contributed by atoms with Crippen LogP contribution < -0.4 is 5.32 Å². The summed E-state index contributed by atoms with van der Waals surface area (Å²) in [5, 5.41) is 7.02. The van der Waals surface area contributed by atoms with Crippen LogP contribution in [0.3, 0.4) is 0 Å². The molecule has 2 aliphatic carbocycles. The zero-order valence-electron chi connectivity index (χ0n) is 15.4. The molecule has 1 aromatic heterocycles. The summed E-state index contributed by atoms with van der Waals surface area (Å²) in [4.78, 5) is 26.6. The number of hydrogen-bond acceptors (Lipinski definition) is 6. The molecule has 26 heavy (non-hydrogen) atoms. The van der Waals surface area contributed by atoms with Crippen molar-refractivity contribution in [1.82, 2.24) is 15.4 Å². The summed E-state index contributed by atoms with van der Waals surface area (Å²) < 4.78 is 10.4. The van der Waals surface area contributed by atoms with Gasteiger partial charge in [0.05, 0.1) is 12.5 Å². The molecule has 1 aliphatic heterocycles. The standard InChI is InChI=1S/C19H27N3O4/c1-3-25-19(24)14-6-13(14)9-22-8-11(2)16(10-22)20-18(23)15-7-17(26-21-15)12-4-5-12/h7,11-14,16H,3-6,8-10H2,1-2H3,(H,20,23). The molecule has 4 atom stereocenters. The summed E-state index contributed by atoms with van der Waals surface area (Å²) in [6.07, 6.45) is 3.17. The van der Waals surface area contributed by atoms with Crippen molar-refractivity contribution in [3.05, 3.63) is 17.5 Å². The van der Waals surface area contributed by atoms with Crippen molar-refractivity contribution in [2.45, 2.75) is 45.1 Å². The van der Waals surface area contributed by atoms with Gasteiger partial charge in [-0.2, -0.15) is 0 Å². The second-order valence-corrected chi connectivity index (χ2v) is 8.02. The number of carbonyl (C=O) groups is 2. The van der Waals surface area contributed by atoms with Crippen LogP contribution in [0.2, 0.25) is 0 Å². The second-order valence-electron chi connectivity index (χ2n) is 8.02. The number of ether oxygens (including phenoxy) is 1. The highest BCUT2D eigenvalue weighted by atomic mass is 16.5. The highest BCUT2D eigenvalue weighted by Crippen LogP contribution is 2.41. The maximum Gasteiger partial charge on any atom is 0.309 e. The second kappa shape index (κ2) is 7.02. The lowest BCUT2D eigenvalue weighted by Gasteiger charge is -2.16. The van der Waals surface area contributed by atoms with Crippen LogP contribution in [-0.4, -0.2) is 54.2 Å². The molecule has 0 bridgehead atoms. The van der Waals surface area contributed by atoms with Gasteiger partial charge in [0.2, 0.25) is 0 Å². The van der Waals surface area contributed by atoms with Crippen LogP contribution in [0.25, 0.3) is 0 Å². The van der Waals surface area contributed by atoms with Crippen LogP contribution in [0.15, 0.2) is 10.6 Å². The van der Waals surface area contributed by atoms with Crippen molar-refractivity contribution in [2.75, 3.05) is 26.2 Å². The van der Waals surface area contributed by atoms with Gasteiger partial charge in [0.15, 0.2) is 5.69 Å². The maximum absolute atomic E-state index is 12.4. The molecule has 3 aliphatic rings. The van der Waals surface area contributed by atoms with Crippen molar-refractivity contribution in [3.8, 4) is 0 Å². The molecule has 4 unspecified atom stereocenters. The number of rotatable bonds is 7. The van der Waals surface area contributed by atoms with E-state index < -0.39 is 0 Å². The summed E-state index contributed by atoms with van der Waals surface area (Å²) >= 11 is 0. The van der Waals surface area contributed by atoms with Gasteiger partial charge in [-0.25, -0.2) is 0 Å². The zero-order valence-corrected chi connectivity index (χ0v) is 15.4. The Morgan fingerprint density at radius 2 is 2.19 bits per heavy atom. The Kier molecular flexibility index (Phi) is 4.73. The molecule has 0 spiro atoms. The van der Waals surface area contributed by atoms with E-state index in [1.807, 2.05) is 6.92 Å². The predicted octanol–water partition coefficient (Wildman–Crippen LogP) is 1.80. The van der Waals surface area contributed by atoms with Crippen LogP contribution in [0, 0.1) is 17.8 Å². The first-order valence-electron chi connectivity index (χ1n) is 9.71. The third kappa shape index (κ3) is 3.77. The first-order chi connectivity index (χ1) is 12.5. The van der Waals surface area contributed by atoms with Gasteiger partial charge >= 0.3 is 5.97 Å². The van der Waals surface area contributed by atoms with E-state index in [1.54, 1.807) is 6.07 Å². The van der Waals surface area contributed by atoms with Crippen LogP contribution in [0.5, 0.6) is 0 Å². The molecule has 7 nitrogen and oxygen atoms in total. The predicted molar refractivity (Wildman–Crippen MR) is 93.6 cm³/mol. The molecule has 1 amide bonds. The van der Waals surface area contributed by atoms with Gasteiger partial charge in [0.25, 0.3) is 5.91 Å². The van der Waals surface area contributed by atoms with E-state index in [0.29, 0.717) is 30.1 Å². The van der Waals surface area contributed by atoms with E-state index in [0.717, 1.165) is 44.7 Å². The Morgan fingerprint density at radius 3 is 2.92 bits per heavy atom. The van der Waals surface area contributed by atoms with E-state index in [2.05, 4.69) is 22.3 Å². The molecule has 1 saturated heterocycles. The summed E-state index contributed by atoms with van der Waals surface area (Å²) in [5.74, 6) is 1.89. The van der Waals surface area contributed by atoms with Crippen molar-refractivity contribution in [3.63, 3.8) is 0 Å². The topological polar surface area (TPSA) is 84.7 Å². The van der Waals surface area contributed by atoms with Crippen molar-refractivity contribution in [1.29, 1.82) is 0 Å². The number of hydrogen-bond donors (Lipinski definition) is 1. The van der Waals surface area contributed by atoms with E-state index in [-0.39, 0.29) is 23.8 Å². The van der Waals surface area contributed by atoms with Gasteiger partial charge in [-0.1, -0.05) is 12.1 Å². The molecular weight excluding hydrogens is 334 g/mol.